The predicted molar refractivity (Wildman–Crippen MR) is 81.1 cm³/mol. The molecule has 22 heavy (non-hydrogen) atoms. The number of nitrogens with zero attached hydrogens (tertiary/aromatic N) is 3. The molecule has 118 valence electrons. The van der Waals surface area contributed by atoms with Crippen LogP contribution in [0.1, 0.15) is 17.0 Å². The SMILES string of the molecule is COc1ccc(CN(C)C(=O)Cn2nc(C)cc2C)cc1F. The standard InChI is InChI=1S/C16H20FN3O2/c1-11-7-12(2)20(18-11)10-16(21)19(3)9-13-5-6-15(22-4)14(17)8-13/h5-8H,9-10H2,1-4H3. The summed E-state index contributed by atoms with van der Waals surface area (Å²) >= 11 is 0. The van der Waals surface area contributed by atoms with Crippen LogP contribution in [0.4, 0.5) is 4.39 Å². The van der Waals surface area contributed by atoms with E-state index in [1.807, 2.05) is 19.9 Å². The molecule has 2 aromatic rings. The van der Waals surface area contributed by atoms with E-state index < -0.39 is 5.82 Å². The van der Waals surface area contributed by atoms with Gasteiger partial charge in [0.25, 0.3) is 0 Å². The van der Waals surface area contributed by atoms with Crippen molar-refractivity contribution < 1.29 is 13.9 Å². The number of halogens is 1. The van der Waals surface area contributed by atoms with Crippen molar-refractivity contribution in [1.29, 1.82) is 0 Å². The molecule has 1 aromatic carbocycles. The van der Waals surface area contributed by atoms with E-state index in [0.29, 0.717) is 12.1 Å². The Morgan fingerprint density at radius 2 is 2.09 bits per heavy atom. The molecule has 0 bridgehead atoms. The van der Waals surface area contributed by atoms with Gasteiger partial charge in [-0.2, -0.15) is 5.10 Å². The van der Waals surface area contributed by atoms with Crippen LogP contribution in [0, 0.1) is 19.7 Å². The van der Waals surface area contributed by atoms with Crippen molar-refractivity contribution in [3.63, 3.8) is 0 Å². The summed E-state index contributed by atoms with van der Waals surface area (Å²) in [6.45, 7) is 4.30. The minimum Gasteiger partial charge on any atom is -0.494 e. The second-order valence-electron chi connectivity index (χ2n) is 5.30. The van der Waals surface area contributed by atoms with Gasteiger partial charge in [0.15, 0.2) is 11.6 Å². The highest BCUT2D eigenvalue weighted by atomic mass is 19.1. The molecule has 1 amide bonds. The van der Waals surface area contributed by atoms with E-state index in [1.54, 1.807) is 28.8 Å². The van der Waals surface area contributed by atoms with Gasteiger partial charge in [-0.3, -0.25) is 9.48 Å². The van der Waals surface area contributed by atoms with Crippen molar-refractivity contribution >= 4 is 5.91 Å². The third-order valence-electron chi connectivity index (χ3n) is 3.45. The minimum atomic E-state index is -0.431. The van der Waals surface area contributed by atoms with Gasteiger partial charge in [0.2, 0.25) is 5.91 Å². The number of ether oxygens (including phenoxy) is 1. The van der Waals surface area contributed by atoms with Gasteiger partial charge in [-0.25, -0.2) is 4.39 Å². The predicted octanol–water partition coefficient (Wildman–Crippen LogP) is 2.31. The Morgan fingerprint density at radius 1 is 1.36 bits per heavy atom. The van der Waals surface area contributed by atoms with Crippen molar-refractivity contribution in [1.82, 2.24) is 14.7 Å². The van der Waals surface area contributed by atoms with Crippen LogP contribution in [0.5, 0.6) is 5.75 Å². The lowest BCUT2D eigenvalue weighted by atomic mass is 10.2. The lowest BCUT2D eigenvalue weighted by Gasteiger charge is -2.18. The number of methoxy groups -OCH3 is 1. The maximum atomic E-state index is 13.7. The van der Waals surface area contributed by atoms with Crippen molar-refractivity contribution in [3.8, 4) is 5.75 Å². The van der Waals surface area contributed by atoms with Crippen LogP contribution in [-0.4, -0.2) is 34.7 Å². The first-order valence-corrected chi connectivity index (χ1v) is 6.98. The summed E-state index contributed by atoms with van der Waals surface area (Å²) in [5.41, 5.74) is 2.53. The van der Waals surface area contributed by atoms with E-state index in [1.165, 1.54) is 13.2 Å². The highest BCUT2D eigenvalue weighted by Crippen LogP contribution is 2.18. The van der Waals surface area contributed by atoms with Crippen LogP contribution in [-0.2, 0) is 17.9 Å². The second-order valence-corrected chi connectivity index (χ2v) is 5.30. The molecule has 0 spiro atoms. The number of benzene rings is 1. The molecule has 0 aliphatic rings. The second kappa shape index (κ2) is 6.60. The molecular formula is C16H20FN3O2. The Balaban J connectivity index is 2.02. The first kappa shape index (κ1) is 16.0. The molecule has 0 N–H and O–H groups in total. The molecule has 0 saturated heterocycles. The lowest BCUT2D eigenvalue weighted by Crippen LogP contribution is -2.30. The number of aromatic nitrogens is 2. The number of hydrogen-bond donors (Lipinski definition) is 0. The number of amides is 1. The van der Waals surface area contributed by atoms with Gasteiger partial charge in [-0.1, -0.05) is 6.07 Å². The lowest BCUT2D eigenvalue weighted by molar-refractivity contribution is -0.131. The maximum Gasteiger partial charge on any atom is 0.244 e. The van der Waals surface area contributed by atoms with E-state index in [0.717, 1.165) is 11.4 Å². The number of carbonyl (C=O) groups is 1. The summed E-state index contributed by atoms with van der Waals surface area (Å²) in [5, 5.41) is 4.27. The molecule has 2 rings (SSSR count). The molecule has 1 heterocycles. The first-order chi connectivity index (χ1) is 10.4. The normalized spacial score (nSPS) is 10.6. The fourth-order valence-corrected chi connectivity index (χ4v) is 2.25. The zero-order valence-corrected chi connectivity index (χ0v) is 13.3. The van der Waals surface area contributed by atoms with Crippen molar-refractivity contribution in [2.75, 3.05) is 14.2 Å². The fraction of sp³-hybridized carbons (Fsp3) is 0.375. The molecule has 5 nitrogen and oxygen atoms in total. The van der Waals surface area contributed by atoms with Gasteiger partial charge in [-0.15, -0.1) is 0 Å². The highest BCUT2D eigenvalue weighted by molar-refractivity contribution is 5.75. The zero-order chi connectivity index (χ0) is 16.3. The van der Waals surface area contributed by atoms with E-state index in [9.17, 15) is 9.18 Å². The Hall–Kier alpha value is -2.37. The van der Waals surface area contributed by atoms with Crippen molar-refractivity contribution in [2.45, 2.75) is 26.9 Å². The van der Waals surface area contributed by atoms with Gasteiger partial charge in [0.1, 0.15) is 6.54 Å². The fourth-order valence-electron chi connectivity index (χ4n) is 2.25. The monoisotopic (exact) mass is 305 g/mol. The van der Waals surface area contributed by atoms with Gasteiger partial charge >= 0.3 is 0 Å². The smallest absolute Gasteiger partial charge is 0.244 e. The molecule has 0 radical (unpaired) electrons. The van der Waals surface area contributed by atoms with E-state index in [-0.39, 0.29) is 18.2 Å². The summed E-state index contributed by atoms with van der Waals surface area (Å²) in [4.78, 5) is 13.8. The van der Waals surface area contributed by atoms with Crippen LogP contribution >= 0.6 is 0 Å². The number of rotatable bonds is 5. The Morgan fingerprint density at radius 3 is 2.64 bits per heavy atom. The molecule has 0 unspecified atom stereocenters. The minimum absolute atomic E-state index is 0.0811. The van der Waals surface area contributed by atoms with Gasteiger partial charge < -0.3 is 9.64 Å². The molecule has 0 atom stereocenters. The van der Waals surface area contributed by atoms with E-state index in [4.69, 9.17) is 4.74 Å². The number of aryl methyl sites for hydroxylation is 2. The van der Waals surface area contributed by atoms with Crippen LogP contribution in [0.15, 0.2) is 24.3 Å². The Kier molecular flexibility index (Phi) is 4.80. The topological polar surface area (TPSA) is 47.4 Å². The number of likely N-dealkylation sites (N-methyl/N-ethyl adjacent to an activating group) is 1. The molecular weight excluding hydrogens is 285 g/mol. The van der Waals surface area contributed by atoms with E-state index in [2.05, 4.69) is 5.10 Å². The van der Waals surface area contributed by atoms with Crippen LogP contribution in [0.2, 0.25) is 0 Å². The molecule has 6 heteroatoms. The maximum absolute atomic E-state index is 13.7. The average molecular weight is 305 g/mol. The summed E-state index contributed by atoms with van der Waals surface area (Å²) in [5.74, 6) is -0.317. The summed E-state index contributed by atoms with van der Waals surface area (Å²) in [6.07, 6.45) is 0. The summed E-state index contributed by atoms with van der Waals surface area (Å²) in [6, 6.07) is 6.61. The first-order valence-electron chi connectivity index (χ1n) is 6.98. The number of carbonyl (C=O) groups excluding carboxylic acids is 1. The molecule has 1 aromatic heterocycles. The molecule has 0 saturated carbocycles. The van der Waals surface area contributed by atoms with Crippen LogP contribution < -0.4 is 4.74 Å². The average Bonchev–Trinajstić information content (AvgIpc) is 2.77. The highest BCUT2D eigenvalue weighted by Gasteiger charge is 2.13. The molecule has 0 aliphatic heterocycles. The Labute approximate surface area is 129 Å². The Bertz CT molecular complexity index is 682. The third kappa shape index (κ3) is 3.63. The quantitative estimate of drug-likeness (QED) is 0.851. The molecule has 0 aliphatic carbocycles. The van der Waals surface area contributed by atoms with Crippen LogP contribution in [0.3, 0.4) is 0 Å². The van der Waals surface area contributed by atoms with Gasteiger partial charge in [-0.05, 0) is 37.6 Å². The van der Waals surface area contributed by atoms with Gasteiger partial charge in [0, 0.05) is 19.3 Å². The molecule has 0 fully saturated rings. The zero-order valence-electron chi connectivity index (χ0n) is 13.3. The van der Waals surface area contributed by atoms with Gasteiger partial charge in [0.05, 0.1) is 12.8 Å². The summed E-state index contributed by atoms with van der Waals surface area (Å²) < 4.78 is 20.2. The van der Waals surface area contributed by atoms with E-state index >= 15 is 0 Å². The van der Waals surface area contributed by atoms with Crippen molar-refractivity contribution in [3.05, 3.63) is 47.0 Å². The summed E-state index contributed by atoms with van der Waals surface area (Å²) in [7, 11) is 3.11. The van der Waals surface area contributed by atoms with Crippen molar-refractivity contribution in [2.24, 2.45) is 0 Å². The van der Waals surface area contributed by atoms with Crippen LogP contribution in [0.25, 0.3) is 0 Å². The third-order valence-corrected chi connectivity index (χ3v) is 3.45. The number of hydrogen-bond acceptors (Lipinski definition) is 3. The largest absolute Gasteiger partial charge is 0.494 e.